The number of aromatic nitrogens is 2. The van der Waals surface area contributed by atoms with E-state index in [2.05, 4.69) is 5.10 Å². The number of phenolic OH excluding ortho intramolecular Hbond substituents is 1. The van der Waals surface area contributed by atoms with E-state index < -0.39 is 6.10 Å². The van der Waals surface area contributed by atoms with Crippen molar-refractivity contribution in [3.8, 4) is 5.75 Å². The third-order valence-electron chi connectivity index (χ3n) is 2.26. The number of nitrogens with zero attached hydrogens (tertiary/aromatic N) is 2. The molecular weight excluding hydrogens is 194 g/mol. The number of hydrogen-bond acceptors (Lipinski definition) is 4. The molecule has 2 aromatic rings. The van der Waals surface area contributed by atoms with E-state index in [4.69, 9.17) is 5.73 Å². The molecule has 80 valence electrons. The third-order valence-corrected chi connectivity index (χ3v) is 2.26. The zero-order chi connectivity index (χ0) is 11.0. The van der Waals surface area contributed by atoms with Crippen molar-refractivity contribution in [1.82, 2.24) is 9.78 Å². The van der Waals surface area contributed by atoms with Gasteiger partial charge in [-0.3, -0.25) is 4.68 Å². The number of aliphatic hydroxyl groups is 1. The first-order valence-corrected chi connectivity index (χ1v) is 4.70. The second-order valence-electron chi connectivity index (χ2n) is 3.61. The molecule has 1 atom stereocenters. The van der Waals surface area contributed by atoms with Gasteiger partial charge in [-0.1, -0.05) is 0 Å². The molecule has 1 heterocycles. The van der Waals surface area contributed by atoms with Crippen LogP contribution in [0.2, 0.25) is 0 Å². The number of nitrogens with two attached hydrogens (primary N) is 1. The highest BCUT2D eigenvalue weighted by Gasteiger charge is 2.10. The van der Waals surface area contributed by atoms with Gasteiger partial charge in [-0.15, -0.1) is 0 Å². The minimum Gasteiger partial charge on any atom is -0.506 e. The molecule has 0 radical (unpaired) electrons. The van der Waals surface area contributed by atoms with Crippen LogP contribution in [0.3, 0.4) is 0 Å². The molecule has 1 aromatic heterocycles. The Balaban J connectivity index is 2.61. The van der Waals surface area contributed by atoms with Crippen LogP contribution in [0.25, 0.3) is 10.9 Å². The molecule has 2 rings (SSSR count). The predicted octanol–water partition coefficient (Wildman–Crippen LogP) is 0.705. The summed E-state index contributed by atoms with van der Waals surface area (Å²) in [6.45, 7) is 2.03. The SMILES string of the molecule is CC(O)Cn1ncc2ccc(O)c(N)c21. The summed E-state index contributed by atoms with van der Waals surface area (Å²) in [5, 5.41) is 23.7. The summed E-state index contributed by atoms with van der Waals surface area (Å²) in [6.07, 6.45) is 1.16. The molecule has 5 heteroatoms. The number of aliphatic hydroxyl groups excluding tert-OH is 1. The highest BCUT2D eigenvalue weighted by atomic mass is 16.3. The normalized spacial score (nSPS) is 13.2. The van der Waals surface area contributed by atoms with Crippen molar-refractivity contribution in [1.29, 1.82) is 0 Å². The Morgan fingerprint density at radius 3 is 2.93 bits per heavy atom. The van der Waals surface area contributed by atoms with Crippen LogP contribution in [-0.2, 0) is 6.54 Å². The van der Waals surface area contributed by atoms with E-state index in [0.717, 1.165) is 5.39 Å². The monoisotopic (exact) mass is 207 g/mol. The van der Waals surface area contributed by atoms with Crippen LogP contribution >= 0.6 is 0 Å². The number of hydrogen-bond donors (Lipinski definition) is 3. The second-order valence-corrected chi connectivity index (χ2v) is 3.61. The van der Waals surface area contributed by atoms with E-state index >= 15 is 0 Å². The minimum absolute atomic E-state index is 0.0369. The topological polar surface area (TPSA) is 84.3 Å². The van der Waals surface area contributed by atoms with Crippen LogP contribution in [0.4, 0.5) is 5.69 Å². The van der Waals surface area contributed by atoms with Gasteiger partial charge < -0.3 is 15.9 Å². The molecule has 4 N–H and O–H groups in total. The fourth-order valence-corrected chi connectivity index (χ4v) is 1.58. The van der Waals surface area contributed by atoms with Gasteiger partial charge >= 0.3 is 0 Å². The smallest absolute Gasteiger partial charge is 0.140 e. The Morgan fingerprint density at radius 2 is 2.27 bits per heavy atom. The van der Waals surface area contributed by atoms with Gasteiger partial charge in [0.1, 0.15) is 11.4 Å². The lowest BCUT2D eigenvalue weighted by Crippen LogP contribution is -2.13. The lowest BCUT2D eigenvalue weighted by molar-refractivity contribution is 0.170. The number of nitrogen functional groups attached to an aromatic ring is 1. The fraction of sp³-hybridized carbons (Fsp3) is 0.300. The van der Waals surface area contributed by atoms with Crippen molar-refractivity contribution in [3.63, 3.8) is 0 Å². The predicted molar refractivity (Wildman–Crippen MR) is 57.5 cm³/mol. The lowest BCUT2D eigenvalue weighted by atomic mass is 10.2. The molecule has 1 unspecified atom stereocenters. The first kappa shape index (κ1) is 9.79. The third kappa shape index (κ3) is 1.61. The van der Waals surface area contributed by atoms with Crippen LogP contribution < -0.4 is 5.73 Å². The molecule has 0 saturated carbocycles. The Hall–Kier alpha value is -1.75. The summed E-state index contributed by atoms with van der Waals surface area (Å²) in [5.74, 6) is 0.0369. The van der Waals surface area contributed by atoms with Crippen molar-refractivity contribution >= 4 is 16.6 Å². The molecule has 0 spiro atoms. The summed E-state index contributed by atoms with van der Waals surface area (Å²) in [4.78, 5) is 0. The van der Waals surface area contributed by atoms with Crippen molar-refractivity contribution in [2.45, 2.75) is 19.6 Å². The van der Waals surface area contributed by atoms with Crippen molar-refractivity contribution < 1.29 is 10.2 Å². The van der Waals surface area contributed by atoms with Gasteiger partial charge in [0.25, 0.3) is 0 Å². The van der Waals surface area contributed by atoms with Gasteiger partial charge in [0, 0.05) is 5.39 Å². The number of phenols is 1. The molecule has 5 nitrogen and oxygen atoms in total. The number of aromatic hydroxyl groups is 1. The van der Waals surface area contributed by atoms with E-state index in [9.17, 15) is 10.2 Å². The standard InChI is InChI=1S/C10H13N3O2/c1-6(14)5-13-10-7(4-12-13)2-3-8(15)9(10)11/h2-4,6,14-15H,5,11H2,1H3. The highest BCUT2D eigenvalue weighted by Crippen LogP contribution is 2.29. The highest BCUT2D eigenvalue weighted by molar-refractivity contribution is 5.92. The molecular formula is C10H13N3O2. The maximum absolute atomic E-state index is 9.47. The lowest BCUT2D eigenvalue weighted by Gasteiger charge is -2.08. The number of fused-ring (bicyclic) bond motifs is 1. The van der Waals surface area contributed by atoms with Gasteiger partial charge in [-0.2, -0.15) is 5.10 Å². The van der Waals surface area contributed by atoms with E-state index in [1.165, 1.54) is 6.07 Å². The van der Waals surface area contributed by atoms with Gasteiger partial charge in [0.05, 0.1) is 24.4 Å². The van der Waals surface area contributed by atoms with E-state index in [1.807, 2.05) is 0 Å². The largest absolute Gasteiger partial charge is 0.506 e. The van der Waals surface area contributed by atoms with Crippen molar-refractivity contribution in [2.24, 2.45) is 0 Å². The maximum atomic E-state index is 9.47. The molecule has 0 bridgehead atoms. The zero-order valence-electron chi connectivity index (χ0n) is 8.38. The van der Waals surface area contributed by atoms with E-state index in [0.29, 0.717) is 17.7 Å². The Morgan fingerprint density at radius 1 is 1.53 bits per heavy atom. The first-order chi connectivity index (χ1) is 7.09. The molecule has 15 heavy (non-hydrogen) atoms. The maximum Gasteiger partial charge on any atom is 0.140 e. The molecule has 0 aliphatic carbocycles. The van der Waals surface area contributed by atoms with Crippen LogP contribution in [0.15, 0.2) is 18.3 Å². The fourth-order valence-electron chi connectivity index (χ4n) is 1.58. The quantitative estimate of drug-likeness (QED) is 0.500. The van der Waals surface area contributed by atoms with Gasteiger partial charge in [-0.05, 0) is 19.1 Å². The van der Waals surface area contributed by atoms with Gasteiger partial charge in [0.2, 0.25) is 0 Å². The van der Waals surface area contributed by atoms with Crippen LogP contribution in [-0.4, -0.2) is 26.1 Å². The second kappa shape index (κ2) is 3.43. The first-order valence-electron chi connectivity index (χ1n) is 4.70. The molecule has 0 amide bonds. The molecule has 0 aliphatic rings. The Bertz CT molecular complexity index is 491. The van der Waals surface area contributed by atoms with Gasteiger partial charge in [0.15, 0.2) is 0 Å². The zero-order valence-corrected chi connectivity index (χ0v) is 8.38. The molecule has 0 fully saturated rings. The van der Waals surface area contributed by atoms with E-state index in [1.54, 1.807) is 23.9 Å². The summed E-state index contributed by atoms with van der Waals surface area (Å²) < 4.78 is 1.59. The van der Waals surface area contributed by atoms with Gasteiger partial charge in [-0.25, -0.2) is 0 Å². The minimum atomic E-state index is -0.505. The number of anilines is 1. The van der Waals surface area contributed by atoms with Crippen LogP contribution in [0, 0.1) is 0 Å². The van der Waals surface area contributed by atoms with E-state index in [-0.39, 0.29) is 5.75 Å². The van der Waals surface area contributed by atoms with Crippen LogP contribution in [0.1, 0.15) is 6.92 Å². The summed E-state index contributed by atoms with van der Waals surface area (Å²) in [5.41, 5.74) is 6.71. The molecule has 1 aromatic carbocycles. The average Bonchev–Trinajstić information content (AvgIpc) is 2.55. The Kier molecular flexibility index (Phi) is 2.24. The van der Waals surface area contributed by atoms with Crippen molar-refractivity contribution in [3.05, 3.63) is 18.3 Å². The molecule has 0 saturated heterocycles. The Labute approximate surface area is 86.7 Å². The van der Waals surface area contributed by atoms with Crippen molar-refractivity contribution in [2.75, 3.05) is 5.73 Å². The van der Waals surface area contributed by atoms with Crippen LogP contribution in [0.5, 0.6) is 5.75 Å². The summed E-state index contributed by atoms with van der Waals surface area (Å²) in [7, 11) is 0. The molecule has 0 aliphatic heterocycles. The number of rotatable bonds is 2. The summed E-state index contributed by atoms with van der Waals surface area (Å²) in [6, 6.07) is 3.28. The average molecular weight is 207 g/mol. The summed E-state index contributed by atoms with van der Waals surface area (Å²) >= 11 is 0. The number of benzene rings is 1.